The molecule has 0 rings (SSSR count). The summed E-state index contributed by atoms with van der Waals surface area (Å²) in [6.07, 6.45) is 0.485. The van der Waals surface area contributed by atoms with Crippen molar-refractivity contribution in [1.29, 1.82) is 0 Å². The molecule has 0 aliphatic carbocycles. The van der Waals surface area contributed by atoms with E-state index in [-0.39, 0.29) is 6.61 Å². The van der Waals surface area contributed by atoms with Gasteiger partial charge in [0.1, 0.15) is 6.35 Å². The molecule has 0 heterocycles. The lowest BCUT2D eigenvalue weighted by Gasteiger charge is -2.05. The van der Waals surface area contributed by atoms with Crippen LogP contribution in [0.25, 0.3) is 0 Å². The van der Waals surface area contributed by atoms with Crippen molar-refractivity contribution in [2.24, 2.45) is 0 Å². The molecule has 2 N–H and O–H groups in total. The highest BCUT2D eigenvalue weighted by Gasteiger charge is 2.15. The fourth-order valence-electron chi connectivity index (χ4n) is 0.210. The van der Waals surface area contributed by atoms with Crippen LogP contribution >= 0.6 is 7.60 Å². The Morgan fingerprint density at radius 2 is 2.33 bits per heavy atom. The van der Waals surface area contributed by atoms with Crippen LogP contribution in [0.4, 0.5) is 0 Å². The van der Waals surface area contributed by atoms with Gasteiger partial charge in [-0.3, -0.25) is 4.57 Å². The van der Waals surface area contributed by atoms with Gasteiger partial charge in [0.2, 0.25) is 0 Å². The van der Waals surface area contributed by atoms with Gasteiger partial charge in [-0.15, -0.1) is 6.58 Å². The summed E-state index contributed by atoms with van der Waals surface area (Å²) in [6.45, 7) is 3.24. The Morgan fingerprint density at radius 1 is 1.78 bits per heavy atom. The lowest BCUT2D eigenvalue weighted by molar-refractivity contribution is 0.242. The number of aliphatic hydroxyl groups is 1. The summed E-state index contributed by atoms with van der Waals surface area (Å²) in [6, 6.07) is 0. The van der Waals surface area contributed by atoms with Gasteiger partial charge in [-0.25, -0.2) is 0 Å². The van der Waals surface area contributed by atoms with Crippen molar-refractivity contribution >= 4 is 7.60 Å². The Balaban J connectivity index is 3.58. The summed E-state index contributed by atoms with van der Waals surface area (Å²) in [5.41, 5.74) is 0. The largest absolute Gasteiger partial charge is 0.384 e. The van der Waals surface area contributed by atoms with Crippen LogP contribution in [0.3, 0.4) is 0 Å². The Labute approximate surface area is 53.3 Å². The Hall–Kier alpha value is -0.150. The molecule has 0 aromatic rings. The van der Waals surface area contributed by atoms with E-state index in [9.17, 15) is 4.57 Å². The molecule has 9 heavy (non-hydrogen) atoms. The molecular formula is C4H9O4P. The van der Waals surface area contributed by atoms with Gasteiger partial charge in [-0.05, 0) is 0 Å². The van der Waals surface area contributed by atoms with Gasteiger partial charge >= 0.3 is 7.60 Å². The van der Waals surface area contributed by atoms with Crippen LogP contribution in [0, 0.1) is 0 Å². The number of hydrogen-bond donors (Lipinski definition) is 2. The average molecular weight is 152 g/mol. The molecule has 4 nitrogen and oxygen atoms in total. The molecule has 0 fully saturated rings. The lowest BCUT2D eigenvalue weighted by Crippen LogP contribution is -1.92. The highest BCUT2D eigenvalue weighted by molar-refractivity contribution is 7.52. The number of aliphatic hydroxyl groups excluding tert-OH is 1. The molecule has 0 bridgehead atoms. The predicted molar refractivity (Wildman–Crippen MR) is 33.1 cm³/mol. The van der Waals surface area contributed by atoms with Gasteiger partial charge in [0, 0.05) is 0 Å². The second-order valence-corrected chi connectivity index (χ2v) is 3.18. The monoisotopic (exact) mass is 152 g/mol. The van der Waals surface area contributed by atoms with Gasteiger partial charge in [-0.1, -0.05) is 6.08 Å². The molecule has 1 unspecified atom stereocenters. The van der Waals surface area contributed by atoms with E-state index in [0.717, 1.165) is 0 Å². The van der Waals surface area contributed by atoms with Crippen molar-refractivity contribution in [1.82, 2.24) is 0 Å². The van der Waals surface area contributed by atoms with Crippen LogP contribution in [0.1, 0.15) is 0 Å². The molecule has 0 saturated heterocycles. The Morgan fingerprint density at radius 3 is 2.67 bits per heavy atom. The van der Waals surface area contributed by atoms with E-state index < -0.39 is 13.9 Å². The van der Waals surface area contributed by atoms with E-state index in [1.807, 2.05) is 0 Å². The summed E-state index contributed by atoms with van der Waals surface area (Å²) in [5.74, 6) is 0. The van der Waals surface area contributed by atoms with E-state index in [0.29, 0.717) is 0 Å². The molecule has 54 valence electrons. The SMILES string of the molecule is C=CCOP(=O)(O)CO. The Bertz CT molecular complexity index is 133. The van der Waals surface area contributed by atoms with Gasteiger partial charge < -0.3 is 14.5 Å². The standard InChI is InChI=1S/C4H9O4P/c1-2-3-8-9(6,7)4-5/h2,5H,1,3-4H2,(H,6,7). The second kappa shape index (κ2) is 3.80. The summed E-state index contributed by atoms with van der Waals surface area (Å²) in [7, 11) is -3.71. The van der Waals surface area contributed by atoms with E-state index in [1.54, 1.807) is 0 Å². The molecule has 0 saturated carbocycles. The van der Waals surface area contributed by atoms with Crippen molar-refractivity contribution in [3.05, 3.63) is 12.7 Å². The fraction of sp³-hybridized carbons (Fsp3) is 0.500. The third kappa shape index (κ3) is 4.36. The van der Waals surface area contributed by atoms with Crippen molar-refractivity contribution in [2.75, 3.05) is 13.0 Å². The van der Waals surface area contributed by atoms with Gasteiger partial charge in [-0.2, -0.15) is 0 Å². The minimum atomic E-state index is -3.71. The van der Waals surface area contributed by atoms with Crippen LogP contribution in [0.15, 0.2) is 12.7 Å². The zero-order valence-electron chi connectivity index (χ0n) is 4.86. The van der Waals surface area contributed by atoms with Gasteiger partial charge in [0.05, 0.1) is 6.61 Å². The molecule has 0 aromatic heterocycles. The van der Waals surface area contributed by atoms with Crippen LogP contribution in [-0.2, 0) is 9.09 Å². The third-order valence-corrected chi connectivity index (χ3v) is 1.48. The molecule has 5 heteroatoms. The summed E-state index contributed by atoms with van der Waals surface area (Å²) in [5, 5.41) is 8.15. The fourth-order valence-corrected chi connectivity index (χ4v) is 0.630. The summed E-state index contributed by atoms with van der Waals surface area (Å²) in [4.78, 5) is 8.49. The maximum atomic E-state index is 10.4. The smallest absolute Gasteiger partial charge is 0.353 e. The maximum absolute atomic E-state index is 10.4. The van der Waals surface area contributed by atoms with E-state index in [1.165, 1.54) is 6.08 Å². The minimum Gasteiger partial charge on any atom is -0.384 e. The molecular weight excluding hydrogens is 143 g/mol. The lowest BCUT2D eigenvalue weighted by atomic mass is 10.7. The topological polar surface area (TPSA) is 66.8 Å². The molecule has 1 atom stereocenters. The van der Waals surface area contributed by atoms with Crippen LogP contribution in [-0.4, -0.2) is 23.0 Å². The average Bonchev–Trinajstić information content (AvgIpc) is 1.84. The quantitative estimate of drug-likeness (QED) is 0.449. The summed E-state index contributed by atoms with van der Waals surface area (Å²) >= 11 is 0. The Kier molecular flexibility index (Phi) is 3.73. The molecule has 0 spiro atoms. The van der Waals surface area contributed by atoms with Crippen molar-refractivity contribution in [3.63, 3.8) is 0 Å². The highest BCUT2D eigenvalue weighted by atomic mass is 31.2. The predicted octanol–water partition coefficient (Wildman–Crippen LogP) is 0.324. The van der Waals surface area contributed by atoms with E-state index in [2.05, 4.69) is 11.1 Å². The van der Waals surface area contributed by atoms with Crippen LogP contribution < -0.4 is 0 Å². The van der Waals surface area contributed by atoms with Gasteiger partial charge in [0.15, 0.2) is 0 Å². The van der Waals surface area contributed by atoms with Crippen LogP contribution in [0.5, 0.6) is 0 Å². The molecule has 0 radical (unpaired) electrons. The van der Waals surface area contributed by atoms with E-state index in [4.69, 9.17) is 10.00 Å². The van der Waals surface area contributed by atoms with Crippen molar-refractivity contribution in [2.45, 2.75) is 0 Å². The number of hydrogen-bond acceptors (Lipinski definition) is 3. The number of rotatable bonds is 4. The van der Waals surface area contributed by atoms with Crippen LogP contribution in [0.2, 0.25) is 0 Å². The van der Waals surface area contributed by atoms with Crippen molar-refractivity contribution in [3.8, 4) is 0 Å². The third-order valence-electron chi connectivity index (χ3n) is 0.573. The first kappa shape index (κ1) is 8.85. The first-order valence-electron chi connectivity index (χ1n) is 2.30. The summed E-state index contributed by atoms with van der Waals surface area (Å²) < 4.78 is 14.6. The van der Waals surface area contributed by atoms with Crippen molar-refractivity contribution < 1.29 is 19.1 Å². The molecule has 0 aromatic carbocycles. The zero-order valence-corrected chi connectivity index (χ0v) is 5.75. The van der Waals surface area contributed by atoms with E-state index >= 15 is 0 Å². The zero-order chi connectivity index (χ0) is 7.33. The molecule has 0 amide bonds. The second-order valence-electron chi connectivity index (χ2n) is 1.36. The first-order valence-corrected chi connectivity index (χ1v) is 4.07. The molecule has 0 aliphatic heterocycles. The van der Waals surface area contributed by atoms with Gasteiger partial charge in [0.25, 0.3) is 0 Å². The highest BCUT2D eigenvalue weighted by Crippen LogP contribution is 2.39. The normalized spacial score (nSPS) is 16.7. The maximum Gasteiger partial charge on any atom is 0.353 e. The molecule has 0 aliphatic rings. The first-order chi connectivity index (χ1) is 4.12. The minimum absolute atomic E-state index is 0.0195.